The zero-order valence-corrected chi connectivity index (χ0v) is 9.75. The second kappa shape index (κ2) is 4.15. The maximum Gasteiger partial charge on any atom is 0.332 e. The largest absolute Gasteiger partial charge is 0.332 e. The quantitative estimate of drug-likeness (QED) is 0.470. The molecule has 0 unspecified atom stereocenters. The van der Waals surface area contributed by atoms with Crippen LogP contribution in [0.2, 0.25) is 5.15 Å². The highest BCUT2D eigenvalue weighted by Crippen LogP contribution is 2.35. The fraction of sp³-hybridized carbons (Fsp3) is 0.111. The summed E-state index contributed by atoms with van der Waals surface area (Å²) in [4.78, 5) is 18.8. The highest BCUT2D eigenvalue weighted by molar-refractivity contribution is 7.10. The average Bonchev–Trinajstić information content (AvgIpc) is 2.63. The van der Waals surface area contributed by atoms with E-state index >= 15 is 0 Å². The molecular formula is C9H6ClN3O2S. The summed E-state index contributed by atoms with van der Waals surface area (Å²) in [7, 11) is 0. The normalized spacial score (nSPS) is 10.4. The third-order valence-corrected chi connectivity index (χ3v) is 3.20. The number of thiophene rings is 1. The Morgan fingerprint density at radius 1 is 1.50 bits per heavy atom. The van der Waals surface area contributed by atoms with Gasteiger partial charge >= 0.3 is 5.69 Å². The Morgan fingerprint density at radius 3 is 2.81 bits per heavy atom. The summed E-state index contributed by atoms with van der Waals surface area (Å²) >= 11 is 7.20. The summed E-state index contributed by atoms with van der Waals surface area (Å²) < 4.78 is 0. The second-order valence-electron chi connectivity index (χ2n) is 3.01. The lowest BCUT2D eigenvalue weighted by atomic mass is 10.1. The molecule has 5 nitrogen and oxygen atoms in total. The number of nitro groups is 1. The van der Waals surface area contributed by atoms with E-state index in [1.54, 1.807) is 6.07 Å². The first-order chi connectivity index (χ1) is 7.61. The molecular weight excluding hydrogens is 250 g/mol. The average molecular weight is 256 g/mol. The monoisotopic (exact) mass is 255 g/mol. The summed E-state index contributed by atoms with van der Waals surface area (Å²) in [5.74, 6) is 0. The Kier molecular flexibility index (Phi) is 2.84. The van der Waals surface area contributed by atoms with Gasteiger partial charge in [0.25, 0.3) is 0 Å². The van der Waals surface area contributed by atoms with E-state index in [0.717, 1.165) is 10.4 Å². The van der Waals surface area contributed by atoms with Crippen molar-refractivity contribution in [1.82, 2.24) is 9.97 Å². The van der Waals surface area contributed by atoms with Crippen molar-refractivity contribution in [1.29, 1.82) is 0 Å². The van der Waals surface area contributed by atoms with Crippen LogP contribution in [0.25, 0.3) is 11.3 Å². The van der Waals surface area contributed by atoms with Crippen molar-refractivity contribution >= 4 is 28.6 Å². The summed E-state index contributed by atoms with van der Waals surface area (Å²) in [6, 6.07) is 1.78. The van der Waals surface area contributed by atoms with Crippen molar-refractivity contribution in [3.05, 3.63) is 37.9 Å². The van der Waals surface area contributed by atoms with Crippen molar-refractivity contribution in [3.8, 4) is 11.3 Å². The SMILES string of the molecule is Cc1sccc1-c1ncnc(Cl)c1[N+](=O)[O-]. The Labute approximate surface area is 99.9 Å². The van der Waals surface area contributed by atoms with Crippen LogP contribution in [0, 0.1) is 17.0 Å². The van der Waals surface area contributed by atoms with Crippen LogP contribution in [-0.4, -0.2) is 14.9 Å². The number of hydrogen-bond acceptors (Lipinski definition) is 5. The van der Waals surface area contributed by atoms with E-state index in [1.165, 1.54) is 17.7 Å². The van der Waals surface area contributed by atoms with Crippen LogP contribution in [-0.2, 0) is 0 Å². The van der Waals surface area contributed by atoms with E-state index in [4.69, 9.17) is 11.6 Å². The molecule has 0 amide bonds. The number of hydrogen-bond donors (Lipinski definition) is 0. The van der Waals surface area contributed by atoms with Gasteiger partial charge in [-0.25, -0.2) is 9.97 Å². The van der Waals surface area contributed by atoms with Crippen molar-refractivity contribution in [3.63, 3.8) is 0 Å². The molecule has 2 aromatic rings. The molecule has 0 aliphatic carbocycles. The van der Waals surface area contributed by atoms with E-state index in [0.29, 0.717) is 0 Å². The number of aryl methyl sites for hydroxylation is 1. The number of halogens is 1. The number of aromatic nitrogens is 2. The van der Waals surface area contributed by atoms with Gasteiger partial charge in [0, 0.05) is 10.4 Å². The molecule has 0 aliphatic rings. The smallest absolute Gasteiger partial charge is 0.258 e. The Morgan fingerprint density at radius 2 is 2.25 bits per heavy atom. The predicted octanol–water partition coefficient (Wildman–Crippen LogP) is 3.08. The standard InChI is InChI=1S/C9H6ClN3O2S/c1-5-6(2-3-16-5)7-8(13(14)15)9(10)12-4-11-7/h2-4H,1H3. The van der Waals surface area contributed by atoms with Gasteiger partial charge in [0.2, 0.25) is 5.15 Å². The molecule has 0 N–H and O–H groups in total. The first-order valence-electron chi connectivity index (χ1n) is 4.30. The molecule has 0 saturated carbocycles. The fourth-order valence-corrected chi connectivity index (χ4v) is 2.25. The molecule has 0 atom stereocenters. The predicted molar refractivity (Wildman–Crippen MR) is 61.7 cm³/mol. The highest BCUT2D eigenvalue weighted by Gasteiger charge is 2.23. The Hall–Kier alpha value is -1.53. The lowest BCUT2D eigenvalue weighted by molar-refractivity contribution is -0.384. The van der Waals surface area contributed by atoms with Crippen LogP contribution >= 0.6 is 22.9 Å². The zero-order valence-electron chi connectivity index (χ0n) is 8.18. The van der Waals surface area contributed by atoms with E-state index < -0.39 is 4.92 Å². The number of rotatable bonds is 2. The summed E-state index contributed by atoms with van der Waals surface area (Å²) in [5, 5.41) is 12.6. The van der Waals surface area contributed by atoms with Gasteiger partial charge in [-0.3, -0.25) is 10.1 Å². The fourth-order valence-electron chi connectivity index (χ4n) is 1.35. The molecule has 0 saturated heterocycles. The van der Waals surface area contributed by atoms with Gasteiger partial charge < -0.3 is 0 Å². The van der Waals surface area contributed by atoms with Gasteiger partial charge in [-0.15, -0.1) is 11.3 Å². The van der Waals surface area contributed by atoms with Crippen LogP contribution in [0.3, 0.4) is 0 Å². The van der Waals surface area contributed by atoms with Crippen LogP contribution in [0.15, 0.2) is 17.8 Å². The maximum atomic E-state index is 10.9. The topological polar surface area (TPSA) is 68.9 Å². The first-order valence-corrected chi connectivity index (χ1v) is 5.56. The molecule has 0 aromatic carbocycles. The van der Waals surface area contributed by atoms with Crippen molar-refractivity contribution in [2.24, 2.45) is 0 Å². The third-order valence-electron chi connectivity index (χ3n) is 2.07. The van der Waals surface area contributed by atoms with Crippen LogP contribution in [0.4, 0.5) is 5.69 Å². The molecule has 2 heterocycles. The highest BCUT2D eigenvalue weighted by atomic mass is 35.5. The Balaban J connectivity index is 2.70. The molecule has 2 aromatic heterocycles. The van der Waals surface area contributed by atoms with Crippen molar-refractivity contribution < 1.29 is 4.92 Å². The van der Waals surface area contributed by atoms with E-state index in [1.807, 2.05) is 12.3 Å². The summed E-state index contributed by atoms with van der Waals surface area (Å²) in [6.07, 6.45) is 1.22. The van der Waals surface area contributed by atoms with E-state index in [-0.39, 0.29) is 16.5 Å². The van der Waals surface area contributed by atoms with E-state index in [2.05, 4.69) is 9.97 Å². The molecule has 2 rings (SSSR count). The maximum absolute atomic E-state index is 10.9. The minimum Gasteiger partial charge on any atom is -0.258 e. The number of nitrogens with zero attached hydrogens (tertiary/aromatic N) is 3. The molecule has 0 aliphatic heterocycles. The third kappa shape index (κ3) is 1.77. The van der Waals surface area contributed by atoms with Crippen molar-refractivity contribution in [2.45, 2.75) is 6.92 Å². The van der Waals surface area contributed by atoms with Gasteiger partial charge in [-0.05, 0) is 18.4 Å². The molecule has 0 bridgehead atoms. The molecule has 7 heteroatoms. The first kappa shape index (κ1) is 11.0. The lowest BCUT2D eigenvalue weighted by Gasteiger charge is -2.01. The van der Waals surface area contributed by atoms with Gasteiger partial charge in [0.1, 0.15) is 6.33 Å². The minimum absolute atomic E-state index is 0.138. The second-order valence-corrected chi connectivity index (χ2v) is 4.49. The lowest BCUT2D eigenvalue weighted by Crippen LogP contribution is -1.97. The van der Waals surface area contributed by atoms with Gasteiger partial charge in [0.05, 0.1) is 4.92 Å². The van der Waals surface area contributed by atoms with Gasteiger partial charge in [-0.1, -0.05) is 11.6 Å². The zero-order chi connectivity index (χ0) is 11.7. The molecule has 82 valence electrons. The molecule has 16 heavy (non-hydrogen) atoms. The minimum atomic E-state index is -0.561. The van der Waals surface area contributed by atoms with Gasteiger partial charge in [0.15, 0.2) is 5.69 Å². The summed E-state index contributed by atoms with van der Waals surface area (Å²) in [6.45, 7) is 1.87. The van der Waals surface area contributed by atoms with Crippen molar-refractivity contribution in [2.75, 3.05) is 0 Å². The van der Waals surface area contributed by atoms with Crippen LogP contribution in [0.1, 0.15) is 4.88 Å². The molecule has 0 radical (unpaired) electrons. The Bertz CT molecular complexity index is 555. The van der Waals surface area contributed by atoms with Gasteiger partial charge in [-0.2, -0.15) is 0 Å². The summed E-state index contributed by atoms with van der Waals surface area (Å²) in [5.41, 5.74) is 0.746. The van der Waals surface area contributed by atoms with E-state index in [9.17, 15) is 10.1 Å². The molecule has 0 spiro atoms. The molecule has 0 fully saturated rings. The van der Waals surface area contributed by atoms with Crippen LogP contribution < -0.4 is 0 Å². The van der Waals surface area contributed by atoms with Crippen LogP contribution in [0.5, 0.6) is 0 Å².